The Hall–Kier alpha value is -3.57. The van der Waals surface area contributed by atoms with Gasteiger partial charge in [-0.15, -0.1) is 0 Å². The van der Waals surface area contributed by atoms with Crippen molar-refractivity contribution >= 4 is 38.9 Å². The highest BCUT2D eigenvalue weighted by Gasteiger charge is 2.35. The van der Waals surface area contributed by atoms with Gasteiger partial charge in [-0.2, -0.15) is 18.3 Å². The molecule has 0 aliphatic rings. The van der Waals surface area contributed by atoms with Crippen molar-refractivity contribution in [1.29, 1.82) is 0 Å². The lowest BCUT2D eigenvalue weighted by molar-refractivity contribution is -0.137. The first kappa shape index (κ1) is 27.0. The van der Waals surface area contributed by atoms with E-state index in [0.717, 1.165) is 12.1 Å². The molecule has 3 aromatic rings. The summed E-state index contributed by atoms with van der Waals surface area (Å²) in [5, 5.41) is 3.37. The minimum Gasteiger partial charge on any atom is -0.497 e. The molecule has 0 bridgehead atoms. The molecule has 3 aromatic carbocycles. The molecule has 12 heteroatoms. The molecule has 0 fully saturated rings. The number of sulfonamides is 1. The summed E-state index contributed by atoms with van der Waals surface area (Å²) < 4.78 is 72.6. The third-order valence-electron chi connectivity index (χ3n) is 5.02. The summed E-state index contributed by atoms with van der Waals surface area (Å²) in [6.07, 6.45) is -4.84. The van der Waals surface area contributed by atoms with Gasteiger partial charge in [0.15, 0.2) is 0 Å². The standard InChI is InChI=1S/C24H21ClF3N3O4S/c1-16(17-8-11-19(35-2)12-9-17)29-30-23(32)15-31(36(33,34)20-6-4-3-5-7-20)18-10-13-22(25)21(14-18)24(26,27)28/h3-14H,15H2,1-2H3,(H,30,32)/b29-16-. The molecule has 7 nitrogen and oxygen atoms in total. The SMILES string of the molecule is COc1ccc(/C(C)=N\NC(=O)CN(c2ccc(Cl)c(C(F)(F)F)c2)S(=O)(=O)c2ccccc2)cc1. The van der Waals surface area contributed by atoms with Gasteiger partial charge in [-0.1, -0.05) is 29.8 Å². The van der Waals surface area contributed by atoms with Crippen molar-refractivity contribution in [2.75, 3.05) is 18.0 Å². The highest BCUT2D eigenvalue weighted by Crippen LogP contribution is 2.38. The summed E-state index contributed by atoms with van der Waals surface area (Å²) >= 11 is 5.69. The van der Waals surface area contributed by atoms with Crippen molar-refractivity contribution < 1.29 is 31.1 Å². The van der Waals surface area contributed by atoms with E-state index in [2.05, 4.69) is 10.5 Å². The van der Waals surface area contributed by atoms with Gasteiger partial charge >= 0.3 is 6.18 Å². The Bertz CT molecular complexity index is 1360. The number of hydrogen-bond donors (Lipinski definition) is 1. The van der Waals surface area contributed by atoms with Gasteiger partial charge in [0, 0.05) is 0 Å². The topological polar surface area (TPSA) is 88.1 Å². The number of amides is 1. The molecule has 0 saturated carbocycles. The van der Waals surface area contributed by atoms with Gasteiger partial charge in [0.1, 0.15) is 12.3 Å². The van der Waals surface area contributed by atoms with E-state index in [1.165, 1.54) is 31.4 Å². The third kappa shape index (κ3) is 6.35. The number of ether oxygens (including phenoxy) is 1. The van der Waals surface area contributed by atoms with Crippen LogP contribution in [0.3, 0.4) is 0 Å². The number of alkyl halides is 3. The zero-order chi connectivity index (χ0) is 26.5. The van der Waals surface area contributed by atoms with Crippen LogP contribution in [0.2, 0.25) is 5.02 Å². The predicted octanol–water partition coefficient (Wildman–Crippen LogP) is 5.10. The van der Waals surface area contributed by atoms with E-state index < -0.39 is 39.2 Å². The van der Waals surface area contributed by atoms with E-state index in [1.54, 1.807) is 37.3 Å². The summed E-state index contributed by atoms with van der Waals surface area (Å²) in [4.78, 5) is 12.5. The number of carbonyl (C=O) groups is 1. The monoisotopic (exact) mass is 539 g/mol. The van der Waals surface area contributed by atoms with Crippen molar-refractivity contribution in [2.24, 2.45) is 5.10 Å². The van der Waals surface area contributed by atoms with E-state index in [0.29, 0.717) is 27.4 Å². The second-order valence-electron chi connectivity index (χ2n) is 7.45. The Kier molecular flexibility index (Phi) is 8.26. The van der Waals surface area contributed by atoms with E-state index in [4.69, 9.17) is 16.3 Å². The largest absolute Gasteiger partial charge is 0.497 e. The highest BCUT2D eigenvalue weighted by atomic mass is 35.5. The smallest absolute Gasteiger partial charge is 0.417 e. The molecule has 0 saturated heterocycles. The van der Waals surface area contributed by atoms with Gasteiger partial charge in [0.05, 0.1) is 34.0 Å². The van der Waals surface area contributed by atoms with Gasteiger partial charge in [-0.3, -0.25) is 9.10 Å². The average molecular weight is 540 g/mol. The van der Waals surface area contributed by atoms with Gasteiger partial charge in [-0.25, -0.2) is 13.8 Å². The fourth-order valence-corrected chi connectivity index (χ4v) is 4.79. The number of methoxy groups -OCH3 is 1. The number of carbonyl (C=O) groups excluding carboxylic acids is 1. The second-order valence-corrected chi connectivity index (χ2v) is 9.72. The van der Waals surface area contributed by atoms with Crippen LogP contribution < -0.4 is 14.5 Å². The van der Waals surface area contributed by atoms with Crippen LogP contribution in [0.15, 0.2) is 82.8 Å². The fourth-order valence-electron chi connectivity index (χ4n) is 3.13. The molecule has 0 aromatic heterocycles. The summed E-state index contributed by atoms with van der Waals surface area (Å²) in [6.45, 7) is 0.783. The van der Waals surface area contributed by atoms with Crippen molar-refractivity contribution in [2.45, 2.75) is 18.0 Å². The summed E-state index contributed by atoms with van der Waals surface area (Å²) in [6, 6.07) is 16.5. The average Bonchev–Trinajstić information content (AvgIpc) is 2.86. The van der Waals surface area contributed by atoms with Crippen molar-refractivity contribution in [3.05, 3.63) is 88.9 Å². The van der Waals surface area contributed by atoms with Crippen LogP contribution in [0.1, 0.15) is 18.1 Å². The zero-order valence-electron chi connectivity index (χ0n) is 19.1. The molecule has 0 aliphatic heterocycles. The second kappa shape index (κ2) is 11.0. The van der Waals surface area contributed by atoms with Gasteiger partial charge in [0.25, 0.3) is 15.9 Å². The van der Waals surface area contributed by atoms with E-state index in [1.807, 2.05) is 0 Å². The number of nitrogens with one attached hydrogen (secondary N) is 1. The molecule has 0 atom stereocenters. The maximum absolute atomic E-state index is 13.4. The summed E-state index contributed by atoms with van der Waals surface area (Å²) in [5.41, 5.74) is 1.71. The molecule has 1 N–H and O–H groups in total. The van der Waals surface area contributed by atoms with E-state index >= 15 is 0 Å². The lowest BCUT2D eigenvalue weighted by Crippen LogP contribution is -2.40. The summed E-state index contributed by atoms with van der Waals surface area (Å²) in [7, 11) is -2.91. The Morgan fingerprint density at radius 1 is 1.06 bits per heavy atom. The van der Waals surface area contributed by atoms with Crippen LogP contribution in [0, 0.1) is 0 Å². The first-order valence-corrected chi connectivity index (χ1v) is 12.2. The van der Waals surface area contributed by atoms with Gasteiger partial charge in [0.2, 0.25) is 0 Å². The Morgan fingerprint density at radius 3 is 2.28 bits per heavy atom. The molecular weight excluding hydrogens is 519 g/mol. The van der Waals surface area contributed by atoms with Crippen LogP contribution >= 0.6 is 11.6 Å². The van der Waals surface area contributed by atoms with Gasteiger partial charge in [-0.05, 0) is 67.1 Å². The molecule has 0 unspecified atom stereocenters. The van der Waals surface area contributed by atoms with Crippen LogP contribution in [-0.2, 0) is 21.0 Å². The molecule has 0 aliphatic carbocycles. The minimum absolute atomic E-state index is 0.209. The van der Waals surface area contributed by atoms with Crippen LogP contribution in [-0.4, -0.2) is 33.7 Å². The summed E-state index contributed by atoms with van der Waals surface area (Å²) in [5.74, 6) is -0.246. The number of anilines is 1. The number of hydrogen-bond acceptors (Lipinski definition) is 5. The molecular formula is C24H21ClF3N3O4S. The molecule has 0 heterocycles. The molecule has 36 heavy (non-hydrogen) atoms. The number of rotatable bonds is 8. The Labute approximate surface area is 211 Å². The molecule has 190 valence electrons. The quantitative estimate of drug-likeness (QED) is 0.318. The Morgan fingerprint density at radius 2 is 1.69 bits per heavy atom. The molecule has 0 spiro atoms. The number of hydrazone groups is 1. The molecule has 3 rings (SSSR count). The fraction of sp³-hybridized carbons (Fsp3) is 0.167. The molecule has 1 amide bonds. The first-order chi connectivity index (χ1) is 16.9. The number of benzene rings is 3. The van der Waals surface area contributed by atoms with Crippen LogP contribution in [0.5, 0.6) is 5.75 Å². The lowest BCUT2D eigenvalue weighted by atomic mass is 10.1. The maximum Gasteiger partial charge on any atom is 0.417 e. The Balaban J connectivity index is 1.94. The lowest BCUT2D eigenvalue weighted by Gasteiger charge is -2.25. The van der Waals surface area contributed by atoms with Crippen LogP contribution in [0.4, 0.5) is 18.9 Å². The maximum atomic E-state index is 13.4. The third-order valence-corrected chi connectivity index (χ3v) is 7.14. The predicted molar refractivity (Wildman–Crippen MR) is 131 cm³/mol. The number of halogens is 4. The molecule has 0 radical (unpaired) electrons. The van der Waals surface area contributed by atoms with Crippen LogP contribution in [0.25, 0.3) is 0 Å². The number of nitrogens with zero attached hydrogens (tertiary/aromatic N) is 2. The first-order valence-electron chi connectivity index (χ1n) is 10.4. The minimum atomic E-state index is -4.84. The van der Waals surface area contributed by atoms with E-state index in [-0.39, 0.29) is 10.6 Å². The van der Waals surface area contributed by atoms with Crippen molar-refractivity contribution in [3.63, 3.8) is 0 Å². The van der Waals surface area contributed by atoms with Crippen molar-refractivity contribution in [3.8, 4) is 5.75 Å². The zero-order valence-corrected chi connectivity index (χ0v) is 20.7. The van der Waals surface area contributed by atoms with E-state index in [9.17, 15) is 26.4 Å². The van der Waals surface area contributed by atoms with Crippen molar-refractivity contribution in [1.82, 2.24) is 5.43 Å². The van der Waals surface area contributed by atoms with Gasteiger partial charge < -0.3 is 4.74 Å². The highest BCUT2D eigenvalue weighted by molar-refractivity contribution is 7.92. The normalized spacial score (nSPS) is 12.2.